The number of aliphatic hydroxyl groups is 1. The summed E-state index contributed by atoms with van der Waals surface area (Å²) in [5.41, 5.74) is 1.16. The lowest BCUT2D eigenvalue weighted by molar-refractivity contribution is 0.149. The van der Waals surface area contributed by atoms with Gasteiger partial charge in [0.15, 0.2) is 0 Å². The second-order valence-electron chi connectivity index (χ2n) is 3.97. The highest BCUT2D eigenvalue weighted by Crippen LogP contribution is 2.26. The standard InChI is InChI=1S/C12H16O2/c1-9-4-2-3-5-12(9)14-11-7-6-10(13)8-11/h2-5,10-11,13H,6-8H2,1H3. The summed E-state index contributed by atoms with van der Waals surface area (Å²) >= 11 is 0. The molecule has 1 aliphatic rings. The fourth-order valence-electron chi connectivity index (χ4n) is 1.89. The van der Waals surface area contributed by atoms with E-state index in [9.17, 15) is 5.11 Å². The van der Waals surface area contributed by atoms with Crippen LogP contribution in [0.3, 0.4) is 0 Å². The Bertz CT molecular complexity index is 309. The van der Waals surface area contributed by atoms with Gasteiger partial charge < -0.3 is 9.84 Å². The molecule has 0 spiro atoms. The summed E-state index contributed by atoms with van der Waals surface area (Å²) < 4.78 is 5.82. The Morgan fingerprint density at radius 3 is 2.71 bits per heavy atom. The van der Waals surface area contributed by atoms with Crippen LogP contribution in [-0.4, -0.2) is 17.3 Å². The maximum Gasteiger partial charge on any atom is 0.122 e. The van der Waals surface area contributed by atoms with Crippen molar-refractivity contribution in [1.82, 2.24) is 0 Å². The molecular formula is C12H16O2. The first-order valence-electron chi connectivity index (χ1n) is 5.16. The fourth-order valence-corrected chi connectivity index (χ4v) is 1.89. The van der Waals surface area contributed by atoms with Gasteiger partial charge in [-0.25, -0.2) is 0 Å². The zero-order valence-corrected chi connectivity index (χ0v) is 8.44. The molecular weight excluding hydrogens is 176 g/mol. The molecule has 14 heavy (non-hydrogen) atoms. The average molecular weight is 192 g/mol. The molecule has 2 atom stereocenters. The molecule has 1 fully saturated rings. The quantitative estimate of drug-likeness (QED) is 0.779. The van der Waals surface area contributed by atoms with Crippen molar-refractivity contribution in [3.63, 3.8) is 0 Å². The lowest BCUT2D eigenvalue weighted by atomic mass is 10.2. The van der Waals surface area contributed by atoms with Crippen LogP contribution in [-0.2, 0) is 0 Å². The Labute approximate surface area is 84.5 Å². The van der Waals surface area contributed by atoms with Gasteiger partial charge in [-0.05, 0) is 31.4 Å². The molecule has 0 radical (unpaired) electrons. The Morgan fingerprint density at radius 2 is 2.07 bits per heavy atom. The summed E-state index contributed by atoms with van der Waals surface area (Å²) in [6.07, 6.45) is 2.65. The molecule has 1 saturated carbocycles. The van der Waals surface area contributed by atoms with Gasteiger partial charge in [0.2, 0.25) is 0 Å². The van der Waals surface area contributed by atoms with Crippen molar-refractivity contribution >= 4 is 0 Å². The van der Waals surface area contributed by atoms with E-state index in [4.69, 9.17) is 4.74 Å². The zero-order chi connectivity index (χ0) is 9.97. The first kappa shape index (κ1) is 9.53. The second-order valence-corrected chi connectivity index (χ2v) is 3.97. The van der Waals surface area contributed by atoms with Crippen LogP contribution in [0.4, 0.5) is 0 Å². The lowest BCUT2D eigenvalue weighted by Crippen LogP contribution is -2.13. The van der Waals surface area contributed by atoms with E-state index in [0.29, 0.717) is 0 Å². The predicted molar refractivity (Wildman–Crippen MR) is 55.5 cm³/mol. The molecule has 0 aromatic heterocycles. The Balaban J connectivity index is 2.01. The van der Waals surface area contributed by atoms with Crippen LogP contribution in [0.2, 0.25) is 0 Å². The third-order valence-corrected chi connectivity index (χ3v) is 2.74. The number of rotatable bonds is 2. The summed E-state index contributed by atoms with van der Waals surface area (Å²) in [5, 5.41) is 9.37. The van der Waals surface area contributed by atoms with Gasteiger partial charge in [-0.15, -0.1) is 0 Å². The van der Waals surface area contributed by atoms with E-state index < -0.39 is 0 Å². The summed E-state index contributed by atoms with van der Waals surface area (Å²) in [7, 11) is 0. The summed E-state index contributed by atoms with van der Waals surface area (Å²) in [4.78, 5) is 0. The summed E-state index contributed by atoms with van der Waals surface area (Å²) in [6, 6.07) is 8.01. The van der Waals surface area contributed by atoms with Gasteiger partial charge in [-0.1, -0.05) is 18.2 Å². The highest BCUT2D eigenvalue weighted by molar-refractivity contribution is 5.31. The molecule has 1 aromatic rings. The number of ether oxygens (including phenoxy) is 1. The second kappa shape index (κ2) is 4.01. The topological polar surface area (TPSA) is 29.5 Å². The molecule has 0 aliphatic heterocycles. The molecule has 1 aromatic carbocycles. The summed E-state index contributed by atoms with van der Waals surface area (Å²) in [5.74, 6) is 0.951. The van der Waals surface area contributed by atoms with Crippen LogP contribution in [0.1, 0.15) is 24.8 Å². The largest absolute Gasteiger partial charge is 0.490 e. The average Bonchev–Trinajstić information content (AvgIpc) is 2.56. The third kappa shape index (κ3) is 2.07. The maximum absolute atomic E-state index is 9.37. The van der Waals surface area contributed by atoms with Crippen LogP contribution < -0.4 is 4.74 Å². The van der Waals surface area contributed by atoms with Gasteiger partial charge >= 0.3 is 0 Å². The molecule has 0 amide bonds. The Morgan fingerprint density at radius 1 is 1.29 bits per heavy atom. The number of hydrogen-bond acceptors (Lipinski definition) is 2. The van der Waals surface area contributed by atoms with Crippen molar-refractivity contribution in [2.75, 3.05) is 0 Å². The fraction of sp³-hybridized carbons (Fsp3) is 0.500. The van der Waals surface area contributed by atoms with Crippen LogP contribution in [0.15, 0.2) is 24.3 Å². The van der Waals surface area contributed by atoms with Crippen molar-refractivity contribution in [2.24, 2.45) is 0 Å². The normalized spacial score (nSPS) is 26.4. The minimum absolute atomic E-state index is 0.163. The SMILES string of the molecule is Cc1ccccc1OC1CCC(O)C1. The van der Waals surface area contributed by atoms with E-state index in [2.05, 4.69) is 0 Å². The first-order chi connectivity index (χ1) is 6.75. The van der Waals surface area contributed by atoms with Gasteiger partial charge in [-0.3, -0.25) is 0 Å². The molecule has 2 unspecified atom stereocenters. The number of hydrogen-bond donors (Lipinski definition) is 1. The highest BCUT2D eigenvalue weighted by Gasteiger charge is 2.24. The van der Waals surface area contributed by atoms with Gasteiger partial charge in [0.05, 0.1) is 6.10 Å². The molecule has 2 nitrogen and oxygen atoms in total. The molecule has 2 heteroatoms. The van der Waals surface area contributed by atoms with Crippen molar-refractivity contribution in [3.8, 4) is 5.75 Å². The number of para-hydroxylation sites is 1. The summed E-state index contributed by atoms with van der Waals surface area (Å²) in [6.45, 7) is 2.04. The van der Waals surface area contributed by atoms with E-state index in [-0.39, 0.29) is 12.2 Å². The van der Waals surface area contributed by atoms with Crippen LogP contribution in [0, 0.1) is 6.92 Å². The smallest absolute Gasteiger partial charge is 0.122 e. The van der Waals surface area contributed by atoms with Gasteiger partial charge in [-0.2, -0.15) is 0 Å². The lowest BCUT2D eigenvalue weighted by Gasteiger charge is -2.14. The number of aliphatic hydroxyl groups excluding tert-OH is 1. The number of aryl methyl sites for hydroxylation is 1. The van der Waals surface area contributed by atoms with Crippen molar-refractivity contribution in [2.45, 2.75) is 38.4 Å². The third-order valence-electron chi connectivity index (χ3n) is 2.74. The number of benzene rings is 1. The van der Waals surface area contributed by atoms with Gasteiger partial charge in [0, 0.05) is 6.42 Å². The molecule has 0 heterocycles. The maximum atomic E-state index is 9.37. The molecule has 0 bridgehead atoms. The van der Waals surface area contributed by atoms with E-state index >= 15 is 0 Å². The molecule has 1 N–H and O–H groups in total. The van der Waals surface area contributed by atoms with Crippen LogP contribution in [0.5, 0.6) is 5.75 Å². The van der Waals surface area contributed by atoms with Crippen LogP contribution >= 0.6 is 0 Å². The zero-order valence-electron chi connectivity index (χ0n) is 8.44. The Hall–Kier alpha value is -1.02. The monoisotopic (exact) mass is 192 g/mol. The minimum Gasteiger partial charge on any atom is -0.490 e. The molecule has 1 aliphatic carbocycles. The van der Waals surface area contributed by atoms with Crippen LogP contribution in [0.25, 0.3) is 0 Å². The van der Waals surface area contributed by atoms with Crippen molar-refractivity contribution in [1.29, 1.82) is 0 Å². The van der Waals surface area contributed by atoms with E-state index in [1.54, 1.807) is 0 Å². The first-order valence-corrected chi connectivity index (χ1v) is 5.16. The van der Waals surface area contributed by atoms with Crippen molar-refractivity contribution < 1.29 is 9.84 Å². The van der Waals surface area contributed by atoms with E-state index in [1.807, 2.05) is 31.2 Å². The highest BCUT2D eigenvalue weighted by atomic mass is 16.5. The minimum atomic E-state index is -0.163. The molecule has 0 saturated heterocycles. The van der Waals surface area contributed by atoms with Gasteiger partial charge in [0.1, 0.15) is 11.9 Å². The Kier molecular flexibility index (Phi) is 2.73. The van der Waals surface area contributed by atoms with E-state index in [0.717, 1.165) is 30.6 Å². The van der Waals surface area contributed by atoms with Gasteiger partial charge in [0.25, 0.3) is 0 Å². The molecule has 76 valence electrons. The molecule has 2 rings (SSSR count). The predicted octanol–water partition coefficient (Wildman–Crippen LogP) is 2.29. The van der Waals surface area contributed by atoms with Crippen molar-refractivity contribution in [3.05, 3.63) is 29.8 Å². The van der Waals surface area contributed by atoms with E-state index in [1.165, 1.54) is 0 Å².